The smallest absolute Gasteiger partial charge is 0.299 e. The van der Waals surface area contributed by atoms with Gasteiger partial charge in [0.15, 0.2) is 0 Å². The van der Waals surface area contributed by atoms with Crippen LogP contribution in [0.25, 0.3) is 0 Å². The molecule has 1 nitrogen and oxygen atoms in total. The fourth-order valence-corrected chi connectivity index (χ4v) is 2.15. The van der Waals surface area contributed by atoms with Crippen molar-refractivity contribution in [2.75, 3.05) is 0 Å². The molecule has 0 saturated carbocycles. The van der Waals surface area contributed by atoms with E-state index in [1.54, 1.807) is 6.08 Å². The van der Waals surface area contributed by atoms with Gasteiger partial charge in [-0.1, -0.05) is 57.4 Å². The van der Waals surface area contributed by atoms with Gasteiger partial charge in [-0.3, -0.25) is 4.79 Å². The molecule has 0 spiro atoms. The molecule has 0 heterocycles. The van der Waals surface area contributed by atoms with Crippen molar-refractivity contribution >= 4 is 6.29 Å². The molecular formula is C16H27F3O. The highest BCUT2D eigenvalue weighted by atomic mass is 19.4. The molecule has 0 fully saturated rings. The van der Waals surface area contributed by atoms with Gasteiger partial charge in [-0.15, -0.1) is 0 Å². The van der Waals surface area contributed by atoms with E-state index in [4.69, 9.17) is 0 Å². The molecule has 118 valence electrons. The van der Waals surface area contributed by atoms with Crippen LogP contribution in [0.2, 0.25) is 0 Å². The summed E-state index contributed by atoms with van der Waals surface area (Å²) in [6.45, 7) is 0. The van der Waals surface area contributed by atoms with E-state index in [9.17, 15) is 18.0 Å². The van der Waals surface area contributed by atoms with Crippen LogP contribution in [-0.2, 0) is 4.79 Å². The van der Waals surface area contributed by atoms with Crippen LogP contribution in [0.1, 0.15) is 77.0 Å². The molecule has 0 atom stereocenters. The average Bonchev–Trinajstić information content (AvgIpc) is 2.38. The Morgan fingerprint density at radius 1 is 0.700 bits per heavy atom. The van der Waals surface area contributed by atoms with Gasteiger partial charge in [0, 0.05) is 6.42 Å². The zero-order valence-corrected chi connectivity index (χ0v) is 12.3. The molecule has 0 aromatic carbocycles. The Kier molecular flexibility index (Phi) is 12.7. The van der Waals surface area contributed by atoms with Crippen molar-refractivity contribution in [2.24, 2.45) is 0 Å². The first-order chi connectivity index (χ1) is 9.56. The lowest BCUT2D eigenvalue weighted by Gasteiger charge is -2.05. The van der Waals surface area contributed by atoms with Crippen LogP contribution in [0.5, 0.6) is 0 Å². The maximum absolute atomic E-state index is 11.9. The number of carbonyl (C=O) groups is 1. The summed E-state index contributed by atoms with van der Waals surface area (Å²) >= 11 is 0. The van der Waals surface area contributed by atoms with Gasteiger partial charge >= 0.3 is 6.18 Å². The molecule has 0 saturated heterocycles. The van der Waals surface area contributed by atoms with E-state index in [0.717, 1.165) is 38.4 Å². The number of halogens is 3. The molecule has 0 bridgehead atoms. The minimum Gasteiger partial charge on any atom is -0.299 e. The van der Waals surface area contributed by atoms with Crippen LogP contribution in [-0.4, -0.2) is 12.5 Å². The monoisotopic (exact) mass is 292 g/mol. The highest BCUT2D eigenvalue weighted by molar-refractivity contribution is 5.64. The molecule has 0 amide bonds. The van der Waals surface area contributed by atoms with Gasteiger partial charge in [0.2, 0.25) is 0 Å². The Bertz CT molecular complexity index is 247. The van der Waals surface area contributed by atoms with Crippen molar-refractivity contribution < 1.29 is 18.0 Å². The molecule has 20 heavy (non-hydrogen) atoms. The Morgan fingerprint density at radius 3 is 1.60 bits per heavy atom. The van der Waals surface area contributed by atoms with Crippen molar-refractivity contribution in [3.05, 3.63) is 12.2 Å². The van der Waals surface area contributed by atoms with E-state index in [0.29, 0.717) is 6.42 Å². The lowest BCUT2D eigenvalue weighted by atomic mass is 10.1. The number of aldehydes is 1. The Labute approximate surface area is 120 Å². The second kappa shape index (κ2) is 13.2. The lowest BCUT2D eigenvalue weighted by Crippen LogP contribution is -2.06. The fraction of sp³-hybridized carbons (Fsp3) is 0.812. The first-order valence-electron chi connectivity index (χ1n) is 7.73. The summed E-state index contributed by atoms with van der Waals surface area (Å²) in [5, 5.41) is 0. The maximum Gasteiger partial charge on any atom is 0.389 e. The maximum atomic E-state index is 11.9. The fourth-order valence-electron chi connectivity index (χ4n) is 2.15. The Balaban J connectivity index is 3.06. The van der Waals surface area contributed by atoms with Crippen LogP contribution < -0.4 is 0 Å². The van der Waals surface area contributed by atoms with Crippen molar-refractivity contribution in [1.82, 2.24) is 0 Å². The molecule has 4 heteroatoms. The van der Waals surface area contributed by atoms with E-state index in [1.165, 1.54) is 25.7 Å². The number of rotatable bonds is 13. The number of hydrogen-bond donors (Lipinski definition) is 0. The highest BCUT2D eigenvalue weighted by Gasteiger charge is 2.25. The van der Waals surface area contributed by atoms with E-state index in [-0.39, 0.29) is 6.42 Å². The summed E-state index contributed by atoms with van der Waals surface area (Å²) in [5.74, 6) is 0. The quantitative estimate of drug-likeness (QED) is 0.232. The first-order valence-corrected chi connectivity index (χ1v) is 7.73. The summed E-state index contributed by atoms with van der Waals surface area (Å²) in [5.41, 5.74) is 0. The first kappa shape index (κ1) is 19.2. The Hall–Kier alpha value is -0.800. The van der Waals surface area contributed by atoms with E-state index < -0.39 is 12.6 Å². The number of carbonyl (C=O) groups excluding carboxylic acids is 1. The number of hydrogen-bond acceptors (Lipinski definition) is 1. The van der Waals surface area contributed by atoms with Gasteiger partial charge in [-0.05, 0) is 25.3 Å². The highest BCUT2D eigenvalue weighted by Crippen LogP contribution is 2.23. The molecule has 0 aliphatic rings. The molecule has 0 unspecified atom stereocenters. The molecule has 0 aromatic heterocycles. The van der Waals surface area contributed by atoms with Crippen molar-refractivity contribution in [1.29, 1.82) is 0 Å². The topological polar surface area (TPSA) is 17.1 Å². The molecule has 0 N–H and O–H groups in total. The predicted octanol–water partition coefficient (Wildman–Crippen LogP) is 5.99. The second-order valence-corrected chi connectivity index (χ2v) is 5.25. The van der Waals surface area contributed by atoms with Gasteiger partial charge in [0.25, 0.3) is 0 Å². The van der Waals surface area contributed by atoms with Gasteiger partial charge in [-0.2, -0.15) is 13.2 Å². The van der Waals surface area contributed by atoms with Gasteiger partial charge in [0.1, 0.15) is 6.29 Å². The van der Waals surface area contributed by atoms with E-state index in [1.807, 2.05) is 6.08 Å². The lowest BCUT2D eigenvalue weighted by molar-refractivity contribution is -0.135. The molecule has 0 aromatic rings. The zero-order valence-electron chi connectivity index (χ0n) is 12.3. The van der Waals surface area contributed by atoms with Gasteiger partial charge in [0.05, 0.1) is 0 Å². The van der Waals surface area contributed by atoms with Crippen molar-refractivity contribution in [2.45, 2.75) is 83.2 Å². The van der Waals surface area contributed by atoms with Crippen molar-refractivity contribution in [3.63, 3.8) is 0 Å². The predicted molar refractivity (Wildman–Crippen MR) is 76.7 cm³/mol. The second-order valence-electron chi connectivity index (χ2n) is 5.25. The third-order valence-corrected chi connectivity index (χ3v) is 3.30. The SMILES string of the molecule is O=C/C=C/CCCCCCCCCCCCC(F)(F)F. The largest absolute Gasteiger partial charge is 0.389 e. The Morgan fingerprint density at radius 2 is 1.15 bits per heavy atom. The van der Waals surface area contributed by atoms with Crippen LogP contribution in [0.3, 0.4) is 0 Å². The third kappa shape index (κ3) is 17.2. The third-order valence-electron chi connectivity index (χ3n) is 3.30. The normalized spacial score (nSPS) is 12.2. The molecule has 0 rings (SSSR count). The molecule has 0 aliphatic heterocycles. The standard InChI is InChI=1S/C16H27F3O/c17-16(18,19)14-12-10-8-6-4-2-1-3-5-7-9-11-13-15-20/h11,13,15H,1-10,12,14H2/b13-11+. The summed E-state index contributed by atoms with van der Waals surface area (Å²) in [6.07, 6.45) is 10.6. The van der Waals surface area contributed by atoms with E-state index in [2.05, 4.69) is 0 Å². The van der Waals surface area contributed by atoms with Crippen LogP contribution >= 0.6 is 0 Å². The summed E-state index contributed by atoms with van der Waals surface area (Å²) < 4.78 is 35.6. The molecule has 0 radical (unpaired) electrons. The van der Waals surface area contributed by atoms with Gasteiger partial charge in [-0.25, -0.2) is 0 Å². The molecular weight excluding hydrogens is 265 g/mol. The van der Waals surface area contributed by atoms with E-state index >= 15 is 0 Å². The summed E-state index contributed by atoms with van der Waals surface area (Å²) in [4.78, 5) is 10.0. The van der Waals surface area contributed by atoms with Gasteiger partial charge < -0.3 is 0 Å². The number of unbranched alkanes of at least 4 members (excludes halogenated alkanes) is 10. The van der Waals surface area contributed by atoms with Crippen LogP contribution in [0, 0.1) is 0 Å². The summed E-state index contributed by atoms with van der Waals surface area (Å²) in [7, 11) is 0. The number of allylic oxidation sites excluding steroid dienone is 2. The average molecular weight is 292 g/mol. The molecule has 0 aliphatic carbocycles. The summed E-state index contributed by atoms with van der Waals surface area (Å²) in [6, 6.07) is 0. The number of alkyl halides is 3. The minimum atomic E-state index is -3.99. The zero-order chi connectivity index (χ0) is 15.1. The van der Waals surface area contributed by atoms with Crippen LogP contribution in [0.15, 0.2) is 12.2 Å². The van der Waals surface area contributed by atoms with Crippen LogP contribution in [0.4, 0.5) is 13.2 Å². The minimum absolute atomic E-state index is 0.276. The van der Waals surface area contributed by atoms with Crippen molar-refractivity contribution in [3.8, 4) is 0 Å².